The smallest absolute Gasteiger partial charge is 0.0648 e. The van der Waals surface area contributed by atoms with Crippen molar-refractivity contribution >= 4 is 27.3 Å². The molecular formula is C18H22BrNS. The molecular weight excluding hydrogens is 342 g/mol. The van der Waals surface area contributed by atoms with Gasteiger partial charge in [-0.25, -0.2) is 0 Å². The fourth-order valence-corrected chi connectivity index (χ4v) is 4.87. The average molecular weight is 364 g/mol. The van der Waals surface area contributed by atoms with Gasteiger partial charge >= 0.3 is 0 Å². The van der Waals surface area contributed by atoms with Crippen LogP contribution in [0.15, 0.2) is 22.7 Å². The predicted octanol–water partition coefficient (Wildman–Crippen LogP) is 5.44. The zero-order valence-corrected chi connectivity index (χ0v) is 15.1. The van der Waals surface area contributed by atoms with E-state index in [9.17, 15) is 0 Å². The van der Waals surface area contributed by atoms with Gasteiger partial charge in [-0.1, -0.05) is 28.4 Å². The van der Waals surface area contributed by atoms with Crippen LogP contribution in [0.4, 0.5) is 0 Å². The summed E-state index contributed by atoms with van der Waals surface area (Å²) in [4.78, 5) is 2.90. The predicted molar refractivity (Wildman–Crippen MR) is 95.2 cm³/mol. The van der Waals surface area contributed by atoms with Gasteiger partial charge in [-0.3, -0.25) is 0 Å². The first kappa shape index (κ1) is 15.3. The zero-order chi connectivity index (χ0) is 15.0. The molecule has 1 aliphatic rings. The Bertz CT molecular complexity index is 636. The van der Waals surface area contributed by atoms with Crippen LogP contribution in [-0.4, -0.2) is 0 Å². The van der Waals surface area contributed by atoms with Crippen LogP contribution in [0.1, 0.15) is 57.3 Å². The van der Waals surface area contributed by atoms with Gasteiger partial charge in [0.25, 0.3) is 0 Å². The second kappa shape index (κ2) is 6.23. The number of hydrogen-bond acceptors (Lipinski definition) is 2. The Labute approximate surface area is 139 Å². The highest BCUT2D eigenvalue weighted by molar-refractivity contribution is 9.10. The molecule has 1 aliphatic carbocycles. The normalized spacial score (nSPS) is 16.4. The standard InChI is InChI=1S/C18H22BrNS/c1-11-9-15(19)12(2)8-14(11)18(20)17-10-13-6-4-3-5-7-16(13)21-17/h8-10,18H,3-7,20H2,1-2H3. The molecule has 0 saturated heterocycles. The van der Waals surface area contributed by atoms with Crippen LogP contribution in [0.25, 0.3) is 0 Å². The Balaban J connectivity index is 1.95. The van der Waals surface area contributed by atoms with Crippen molar-refractivity contribution < 1.29 is 0 Å². The number of halogens is 1. The number of nitrogens with two attached hydrogens (primary N) is 1. The quantitative estimate of drug-likeness (QED) is 0.705. The third-order valence-electron chi connectivity index (χ3n) is 4.45. The summed E-state index contributed by atoms with van der Waals surface area (Å²) in [6.07, 6.45) is 6.50. The van der Waals surface area contributed by atoms with E-state index >= 15 is 0 Å². The summed E-state index contributed by atoms with van der Waals surface area (Å²) in [6.45, 7) is 4.28. The summed E-state index contributed by atoms with van der Waals surface area (Å²) >= 11 is 5.54. The number of hydrogen-bond donors (Lipinski definition) is 1. The van der Waals surface area contributed by atoms with Crippen molar-refractivity contribution in [3.05, 3.63) is 54.7 Å². The van der Waals surface area contributed by atoms with Crippen LogP contribution < -0.4 is 5.73 Å². The lowest BCUT2D eigenvalue weighted by molar-refractivity contribution is 0.712. The Morgan fingerprint density at radius 2 is 1.81 bits per heavy atom. The van der Waals surface area contributed by atoms with E-state index in [4.69, 9.17) is 5.73 Å². The molecule has 1 aromatic carbocycles. The lowest BCUT2D eigenvalue weighted by atomic mass is 9.98. The first-order valence-corrected chi connectivity index (χ1v) is 9.31. The molecule has 1 heterocycles. The lowest BCUT2D eigenvalue weighted by Crippen LogP contribution is -2.12. The van der Waals surface area contributed by atoms with E-state index in [2.05, 4.69) is 48.0 Å². The van der Waals surface area contributed by atoms with E-state index < -0.39 is 0 Å². The highest BCUT2D eigenvalue weighted by atomic mass is 79.9. The maximum Gasteiger partial charge on any atom is 0.0648 e. The van der Waals surface area contributed by atoms with Crippen molar-refractivity contribution in [2.24, 2.45) is 5.73 Å². The third-order valence-corrected chi connectivity index (χ3v) is 6.63. The monoisotopic (exact) mass is 363 g/mol. The van der Waals surface area contributed by atoms with Crippen molar-refractivity contribution in [2.45, 2.75) is 52.0 Å². The van der Waals surface area contributed by atoms with Gasteiger partial charge < -0.3 is 5.73 Å². The van der Waals surface area contributed by atoms with Gasteiger partial charge in [-0.05, 0) is 73.9 Å². The summed E-state index contributed by atoms with van der Waals surface area (Å²) in [6, 6.07) is 6.79. The molecule has 0 bridgehead atoms. The highest BCUT2D eigenvalue weighted by Crippen LogP contribution is 2.35. The molecule has 0 aliphatic heterocycles. The van der Waals surface area contributed by atoms with Gasteiger partial charge in [-0.15, -0.1) is 11.3 Å². The largest absolute Gasteiger partial charge is 0.320 e. The molecule has 112 valence electrons. The highest BCUT2D eigenvalue weighted by Gasteiger charge is 2.19. The van der Waals surface area contributed by atoms with Gasteiger partial charge in [-0.2, -0.15) is 0 Å². The zero-order valence-electron chi connectivity index (χ0n) is 12.7. The molecule has 0 radical (unpaired) electrons. The number of rotatable bonds is 2. The second-order valence-electron chi connectivity index (χ2n) is 6.09. The molecule has 1 nitrogen and oxygen atoms in total. The van der Waals surface area contributed by atoms with E-state index in [0.717, 1.165) is 4.47 Å². The summed E-state index contributed by atoms with van der Waals surface area (Å²) in [7, 11) is 0. The Morgan fingerprint density at radius 3 is 2.62 bits per heavy atom. The molecule has 2 N–H and O–H groups in total. The Hall–Kier alpha value is -0.640. The summed E-state index contributed by atoms with van der Waals surface area (Å²) in [5.74, 6) is 0. The van der Waals surface area contributed by atoms with Crippen LogP contribution >= 0.6 is 27.3 Å². The van der Waals surface area contributed by atoms with E-state index in [1.807, 2.05) is 11.3 Å². The van der Waals surface area contributed by atoms with Crippen LogP contribution in [0, 0.1) is 13.8 Å². The van der Waals surface area contributed by atoms with Crippen molar-refractivity contribution in [3.8, 4) is 0 Å². The molecule has 3 rings (SSSR count). The Morgan fingerprint density at radius 1 is 1.05 bits per heavy atom. The molecule has 0 saturated carbocycles. The minimum Gasteiger partial charge on any atom is -0.320 e. The van der Waals surface area contributed by atoms with Crippen molar-refractivity contribution in [1.29, 1.82) is 0 Å². The van der Waals surface area contributed by atoms with E-state index in [-0.39, 0.29) is 6.04 Å². The van der Waals surface area contributed by atoms with Crippen LogP contribution in [-0.2, 0) is 12.8 Å². The topological polar surface area (TPSA) is 26.0 Å². The molecule has 1 aromatic heterocycles. The Kier molecular flexibility index (Phi) is 4.53. The van der Waals surface area contributed by atoms with Crippen molar-refractivity contribution in [1.82, 2.24) is 0 Å². The first-order valence-electron chi connectivity index (χ1n) is 7.70. The van der Waals surface area contributed by atoms with Gasteiger partial charge in [0.05, 0.1) is 6.04 Å². The SMILES string of the molecule is Cc1cc(C(N)c2cc3c(s2)CCCCC3)c(C)cc1Br. The van der Waals surface area contributed by atoms with Gasteiger partial charge in [0.1, 0.15) is 0 Å². The fourth-order valence-electron chi connectivity index (χ4n) is 3.14. The molecule has 0 fully saturated rings. The lowest BCUT2D eigenvalue weighted by Gasteiger charge is -2.15. The number of aryl methyl sites for hydroxylation is 4. The number of fused-ring (bicyclic) bond motifs is 1. The maximum atomic E-state index is 6.58. The minimum atomic E-state index is 0.00808. The summed E-state index contributed by atoms with van der Waals surface area (Å²) < 4.78 is 1.16. The minimum absolute atomic E-state index is 0.00808. The number of thiophene rings is 1. The second-order valence-corrected chi connectivity index (χ2v) is 8.12. The van der Waals surface area contributed by atoms with E-state index in [0.29, 0.717) is 0 Å². The number of benzene rings is 1. The van der Waals surface area contributed by atoms with Gasteiger partial charge in [0.2, 0.25) is 0 Å². The van der Waals surface area contributed by atoms with Gasteiger partial charge in [0, 0.05) is 14.2 Å². The van der Waals surface area contributed by atoms with Crippen LogP contribution in [0.5, 0.6) is 0 Å². The van der Waals surface area contributed by atoms with Crippen LogP contribution in [0.3, 0.4) is 0 Å². The fraction of sp³-hybridized carbons (Fsp3) is 0.444. The summed E-state index contributed by atoms with van der Waals surface area (Å²) in [5, 5.41) is 0. The molecule has 1 unspecified atom stereocenters. The maximum absolute atomic E-state index is 6.58. The van der Waals surface area contributed by atoms with Crippen molar-refractivity contribution in [3.63, 3.8) is 0 Å². The average Bonchev–Trinajstić information content (AvgIpc) is 2.73. The molecule has 3 heteroatoms. The first-order chi connectivity index (χ1) is 10.1. The molecule has 2 aromatic rings. The molecule has 1 atom stereocenters. The van der Waals surface area contributed by atoms with Crippen LogP contribution in [0.2, 0.25) is 0 Å². The van der Waals surface area contributed by atoms with Gasteiger partial charge in [0.15, 0.2) is 0 Å². The molecule has 21 heavy (non-hydrogen) atoms. The molecule has 0 amide bonds. The van der Waals surface area contributed by atoms with E-state index in [1.54, 1.807) is 10.4 Å². The van der Waals surface area contributed by atoms with E-state index in [1.165, 1.54) is 53.7 Å². The van der Waals surface area contributed by atoms with Crippen molar-refractivity contribution in [2.75, 3.05) is 0 Å². The molecule has 0 spiro atoms. The summed E-state index contributed by atoms with van der Waals surface area (Å²) in [5.41, 5.74) is 11.9. The third kappa shape index (κ3) is 3.10.